The molecule has 1 rings (SSSR count). The van der Waals surface area contributed by atoms with Crippen LogP contribution in [0.25, 0.3) is 0 Å². The Morgan fingerprint density at radius 3 is 2.71 bits per heavy atom. The van der Waals surface area contributed by atoms with E-state index >= 15 is 0 Å². The van der Waals surface area contributed by atoms with Gasteiger partial charge in [0.25, 0.3) is 0 Å². The van der Waals surface area contributed by atoms with Crippen molar-refractivity contribution in [3.8, 4) is 0 Å². The van der Waals surface area contributed by atoms with E-state index in [2.05, 4.69) is 51.0 Å². The second-order valence-electron chi connectivity index (χ2n) is 3.40. The average molecular weight is 325 g/mol. The number of hydrogen-bond donors (Lipinski definition) is 1. The van der Waals surface area contributed by atoms with Crippen molar-refractivity contribution in [1.82, 2.24) is 5.32 Å². The minimum Gasteiger partial charge on any atom is -0.452 e. The Bertz CT molecular complexity index is 266. The molecular formula is C10H15Br2NO. The van der Waals surface area contributed by atoms with E-state index in [1.165, 1.54) is 12.8 Å². The molecule has 1 N–H and O–H groups in total. The highest BCUT2D eigenvalue weighted by molar-refractivity contribution is 9.13. The standard InChI is InChI=1S/C10H15Br2NO/c1-3-4-7(2)13-6-8-5-9(11)10(12)14-8/h5,7,13H,3-4,6H2,1-2H3. The van der Waals surface area contributed by atoms with Crippen molar-refractivity contribution in [1.29, 1.82) is 0 Å². The van der Waals surface area contributed by atoms with Crippen molar-refractivity contribution < 1.29 is 4.42 Å². The second kappa shape index (κ2) is 5.93. The summed E-state index contributed by atoms with van der Waals surface area (Å²) in [5, 5.41) is 3.40. The van der Waals surface area contributed by atoms with Crippen LogP contribution in [0.4, 0.5) is 0 Å². The summed E-state index contributed by atoms with van der Waals surface area (Å²) in [5.41, 5.74) is 0. The quantitative estimate of drug-likeness (QED) is 0.882. The van der Waals surface area contributed by atoms with Gasteiger partial charge in [0, 0.05) is 6.04 Å². The predicted octanol–water partition coefficient (Wildman–Crippen LogP) is 4.08. The van der Waals surface area contributed by atoms with Gasteiger partial charge >= 0.3 is 0 Å². The summed E-state index contributed by atoms with van der Waals surface area (Å²) in [6.45, 7) is 5.17. The Hall–Kier alpha value is 0.200. The summed E-state index contributed by atoms with van der Waals surface area (Å²) in [5.74, 6) is 0.951. The Morgan fingerprint density at radius 1 is 1.50 bits per heavy atom. The first-order valence-corrected chi connectivity index (χ1v) is 6.39. The fourth-order valence-electron chi connectivity index (χ4n) is 1.29. The van der Waals surface area contributed by atoms with Crippen LogP contribution >= 0.6 is 31.9 Å². The molecular weight excluding hydrogens is 310 g/mol. The zero-order valence-electron chi connectivity index (χ0n) is 8.44. The van der Waals surface area contributed by atoms with E-state index in [1.807, 2.05) is 6.07 Å². The van der Waals surface area contributed by atoms with Gasteiger partial charge in [-0.25, -0.2) is 0 Å². The summed E-state index contributed by atoms with van der Waals surface area (Å²) >= 11 is 6.70. The normalized spacial score (nSPS) is 13.1. The van der Waals surface area contributed by atoms with Gasteiger partial charge in [0.1, 0.15) is 5.76 Å². The number of nitrogens with one attached hydrogen (secondary N) is 1. The molecule has 0 saturated heterocycles. The Labute approximate surface area is 102 Å². The van der Waals surface area contributed by atoms with Gasteiger partial charge in [-0.2, -0.15) is 0 Å². The monoisotopic (exact) mass is 323 g/mol. The van der Waals surface area contributed by atoms with Crippen LogP contribution in [0, 0.1) is 0 Å². The molecule has 1 unspecified atom stereocenters. The lowest BCUT2D eigenvalue weighted by Gasteiger charge is -2.10. The molecule has 80 valence electrons. The zero-order valence-corrected chi connectivity index (χ0v) is 11.6. The van der Waals surface area contributed by atoms with Gasteiger partial charge in [0.05, 0.1) is 11.0 Å². The molecule has 14 heavy (non-hydrogen) atoms. The van der Waals surface area contributed by atoms with Crippen molar-refractivity contribution >= 4 is 31.9 Å². The SMILES string of the molecule is CCCC(C)NCc1cc(Br)c(Br)o1. The van der Waals surface area contributed by atoms with Gasteiger partial charge in [-0.15, -0.1) is 0 Å². The van der Waals surface area contributed by atoms with Crippen LogP contribution in [-0.4, -0.2) is 6.04 Å². The van der Waals surface area contributed by atoms with Gasteiger partial charge in [-0.3, -0.25) is 0 Å². The van der Waals surface area contributed by atoms with Crippen LogP contribution in [0.1, 0.15) is 32.4 Å². The second-order valence-corrected chi connectivity index (χ2v) is 4.98. The van der Waals surface area contributed by atoms with Gasteiger partial charge in [0.2, 0.25) is 0 Å². The van der Waals surface area contributed by atoms with E-state index in [1.54, 1.807) is 0 Å². The van der Waals surface area contributed by atoms with E-state index in [-0.39, 0.29) is 0 Å². The smallest absolute Gasteiger partial charge is 0.183 e. The molecule has 4 heteroatoms. The van der Waals surface area contributed by atoms with E-state index in [0.29, 0.717) is 6.04 Å². The molecule has 0 aromatic carbocycles. The summed E-state index contributed by atoms with van der Waals surface area (Å²) in [6, 6.07) is 2.53. The third-order valence-electron chi connectivity index (χ3n) is 2.04. The van der Waals surface area contributed by atoms with Gasteiger partial charge in [-0.05, 0) is 51.3 Å². The average Bonchev–Trinajstić information content (AvgIpc) is 2.44. The minimum absolute atomic E-state index is 0.544. The van der Waals surface area contributed by atoms with Crippen LogP contribution < -0.4 is 5.32 Å². The van der Waals surface area contributed by atoms with Crippen LogP contribution in [-0.2, 0) is 6.54 Å². The highest BCUT2D eigenvalue weighted by atomic mass is 79.9. The van der Waals surface area contributed by atoms with Crippen molar-refractivity contribution in [3.63, 3.8) is 0 Å². The van der Waals surface area contributed by atoms with Crippen LogP contribution in [0.3, 0.4) is 0 Å². The molecule has 0 aliphatic heterocycles. The number of hydrogen-bond acceptors (Lipinski definition) is 2. The predicted molar refractivity (Wildman–Crippen MR) is 65.3 cm³/mol. The number of halogens is 2. The first-order chi connectivity index (χ1) is 6.63. The highest BCUT2D eigenvalue weighted by Gasteiger charge is 2.06. The summed E-state index contributed by atoms with van der Waals surface area (Å²) in [7, 11) is 0. The van der Waals surface area contributed by atoms with Crippen molar-refractivity contribution in [2.24, 2.45) is 0 Å². The van der Waals surface area contributed by atoms with Gasteiger partial charge < -0.3 is 9.73 Å². The zero-order chi connectivity index (χ0) is 10.6. The molecule has 0 aliphatic carbocycles. The van der Waals surface area contributed by atoms with Crippen LogP contribution in [0.2, 0.25) is 0 Å². The molecule has 0 aliphatic rings. The molecule has 0 radical (unpaired) electrons. The lowest BCUT2D eigenvalue weighted by molar-refractivity contribution is 0.431. The summed E-state index contributed by atoms with van der Waals surface area (Å²) in [4.78, 5) is 0. The number of furan rings is 1. The third kappa shape index (κ3) is 3.75. The molecule has 2 nitrogen and oxygen atoms in total. The molecule has 0 fully saturated rings. The van der Waals surface area contributed by atoms with Crippen molar-refractivity contribution in [3.05, 3.63) is 21.0 Å². The Kier molecular flexibility index (Phi) is 5.20. The van der Waals surface area contributed by atoms with Crippen molar-refractivity contribution in [2.75, 3.05) is 0 Å². The maximum atomic E-state index is 5.45. The third-order valence-corrected chi connectivity index (χ3v) is 3.75. The van der Waals surface area contributed by atoms with Gasteiger partial charge in [0.15, 0.2) is 4.67 Å². The Balaban J connectivity index is 2.38. The van der Waals surface area contributed by atoms with E-state index in [4.69, 9.17) is 4.42 Å². The van der Waals surface area contributed by atoms with E-state index < -0.39 is 0 Å². The van der Waals surface area contributed by atoms with Crippen LogP contribution in [0.5, 0.6) is 0 Å². The van der Waals surface area contributed by atoms with E-state index in [0.717, 1.165) is 21.4 Å². The summed E-state index contributed by atoms with van der Waals surface area (Å²) in [6.07, 6.45) is 2.41. The Morgan fingerprint density at radius 2 is 2.21 bits per heavy atom. The lowest BCUT2D eigenvalue weighted by Crippen LogP contribution is -2.24. The first-order valence-electron chi connectivity index (χ1n) is 4.80. The molecule has 1 aromatic rings. The molecule has 1 heterocycles. The maximum absolute atomic E-state index is 5.45. The van der Waals surface area contributed by atoms with E-state index in [9.17, 15) is 0 Å². The number of rotatable bonds is 5. The van der Waals surface area contributed by atoms with Crippen molar-refractivity contribution in [2.45, 2.75) is 39.3 Å². The molecule has 0 amide bonds. The topological polar surface area (TPSA) is 25.2 Å². The lowest BCUT2D eigenvalue weighted by atomic mass is 10.2. The largest absolute Gasteiger partial charge is 0.452 e. The molecule has 0 saturated carbocycles. The van der Waals surface area contributed by atoms with Crippen LogP contribution in [0.15, 0.2) is 19.6 Å². The fourth-order valence-corrected chi connectivity index (χ4v) is 1.95. The fraction of sp³-hybridized carbons (Fsp3) is 0.600. The van der Waals surface area contributed by atoms with Gasteiger partial charge in [-0.1, -0.05) is 13.3 Å². The molecule has 0 spiro atoms. The maximum Gasteiger partial charge on any atom is 0.183 e. The molecule has 1 atom stereocenters. The summed E-state index contributed by atoms with van der Waals surface area (Å²) < 4.78 is 7.18. The minimum atomic E-state index is 0.544. The molecule has 0 bridgehead atoms. The highest BCUT2D eigenvalue weighted by Crippen LogP contribution is 2.26. The molecule has 1 aromatic heterocycles. The first kappa shape index (κ1) is 12.3.